The number of nitrogens with one attached hydrogen (secondary N) is 2. The lowest BCUT2D eigenvalue weighted by molar-refractivity contribution is -0.135. The van der Waals surface area contributed by atoms with E-state index in [-0.39, 0.29) is 18.0 Å². The molecule has 1 fully saturated rings. The van der Waals surface area contributed by atoms with Gasteiger partial charge in [-0.15, -0.1) is 0 Å². The number of piperidine rings is 1. The van der Waals surface area contributed by atoms with Crippen molar-refractivity contribution in [1.82, 2.24) is 19.8 Å². The monoisotopic (exact) mass is 430 g/mol. The van der Waals surface area contributed by atoms with E-state index in [0.717, 1.165) is 30.3 Å². The van der Waals surface area contributed by atoms with E-state index in [0.29, 0.717) is 18.5 Å². The second-order valence-corrected chi connectivity index (χ2v) is 8.85. The molecule has 1 aromatic heterocycles. The smallest absolute Gasteiger partial charge is 0.407 e. The molecule has 168 valence electrons. The number of nitrogens with zero attached hydrogens (tertiary/aromatic N) is 2. The lowest BCUT2D eigenvalue weighted by Gasteiger charge is -2.22. The van der Waals surface area contributed by atoms with E-state index in [9.17, 15) is 19.2 Å². The Kier molecular flexibility index (Phi) is 6.52. The van der Waals surface area contributed by atoms with Crippen molar-refractivity contribution in [2.24, 2.45) is 7.05 Å². The molecule has 0 spiro atoms. The Morgan fingerprint density at radius 1 is 1.23 bits per heavy atom. The number of imidazole rings is 1. The van der Waals surface area contributed by atoms with E-state index >= 15 is 0 Å². The quantitative estimate of drug-likeness (QED) is 0.539. The predicted octanol–water partition coefficient (Wildman–Crippen LogP) is 2.17. The van der Waals surface area contributed by atoms with Crippen LogP contribution in [0.2, 0.25) is 0 Å². The van der Waals surface area contributed by atoms with Crippen LogP contribution in [0, 0.1) is 0 Å². The lowest BCUT2D eigenvalue weighted by atomic mass is 10.0. The van der Waals surface area contributed by atoms with Gasteiger partial charge in [0.15, 0.2) is 0 Å². The standard InChI is InChI=1S/C22H30N4O5/c1-22(2,3)31-20(29)23-13-6-5-8-14-9-7-10-15-18(14)25(4)21(30)26(15)16-11-12-17(27)24-19(16)28/h7,9-10,16H,5-6,8,11-13H2,1-4H3,(H,23,29)(H,24,27,28). The Morgan fingerprint density at radius 3 is 2.65 bits per heavy atom. The molecule has 0 bridgehead atoms. The number of rotatable bonds is 6. The van der Waals surface area contributed by atoms with Crippen molar-refractivity contribution in [1.29, 1.82) is 0 Å². The molecule has 0 saturated carbocycles. The summed E-state index contributed by atoms with van der Waals surface area (Å²) in [6, 6.07) is 4.98. The zero-order valence-electron chi connectivity index (χ0n) is 18.5. The van der Waals surface area contributed by atoms with E-state index in [4.69, 9.17) is 4.74 Å². The average molecular weight is 431 g/mol. The molecule has 1 aromatic carbocycles. The van der Waals surface area contributed by atoms with Gasteiger partial charge in [-0.25, -0.2) is 9.59 Å². The van der Waals surface area contributed by atoms with Gasteiger partial charge in [-0.3, -0.25) is 24.0 Å². The number of hydrogen-bond donors (Lipinski definition) is 2. The summed E-state index contributed by atoms with van der Waals surface area (Å²) in [5.41, 5.74) is 1.67. The molecule has 0 aliphatic carbocycles. The van der Waals surface area contributed by atoms with Gasteiger partial charge in [0.25, 0.3) is 0 Å². The van der Waals surface area contributed by atoms with Gasteiger partial charge in [-0.2, -0.15) is 0 Å². The molecule has 9 nitrogen and oxygen atoms in total. The molecule has 1 atom stereocenters. The van der Waals surface area contributed by atoms with Gasteiger partial charge in [0.2, 0.25) is 11.8 Å². The average Bonchev–Trinajstić information content (AvgIpc) is 2.92. The highest BCUT2D eigenvalue weighted by molar-refractivity contribution is 6.00. The van der Waals surface area contributed by atoms with E-state index in [1.165, 1.54) is 4.57 Å². The number of alkyl carbamates (subject to hydrolysis) is 1. The number of hydrogen-bond acceptors (Lipinski definition) is 5. The van der Waals surface area contributed by atoms with E-state index in [1.807, 2.05) is 39.0 Å². The number of carbonyl (C=O) groups excluding carboxylic acids is 3. The first-order valence-electron chi connectivity index (χ1n) is 10.6. The first-order chi connectivity index (χ1) is 14.6. The third-order valence-corrected chi connectivity index (χ3v) is 5.25. The zero-order valence-corrected chi connectivity index (χ0v) is 18.5. The minimum Gasteiger partial charge on any atom is -0.444 e. The number of carbonyl (C=O) groups is 3. The topological polar surface area (TPSA) is 111 Å². The molecule has 3 rings (SSSR count). The van der Waals surface area contributed by atoms with Crippen LogP contribution in [0.1, 0.15) is 58.1 Å². The number of imide groups is 1. The molecule has 3 amide bonds. The molecule has 2 heterocycles. The fourth-order valence-corrected chi connectivity index (χ4v) is 3.90. The third-order valence-electron chi connectivity index (χ3n) is 5.25. The van der Waals surface area contributed by atoms with Crippen molar-refractivity contribution in [3.8, 4) is 0 Å². The minimum atomic E-state index is -0.692. The van der Waals surface area contributed by atoms with Crippen molar-refractivity contribution in [2.45, 2.75) is 64.5 Å². The summed E-state index contributed by atoms with van der Waals surface area (Å²) >= 11 is 0. The van der Waals surface area contributed by atoms with Crippen LogP contribution in [0.5, 0.6) is 0 Å². The van der Waals surface area contributed by atoms with Crippen molar-refractivity contribution in [3.05, 3.63) is 34.2 Å². The van der Waals surface area contributed by atoms with Crippen LogP contribution in [0.3, 0.4) is 0 Å². The highest BCUT2D eigenvalue weighted by Crippen LogP contribution is 2.25. The molecule has 1 unspecified atom stereocenters. The predicted molar refractivity (Wildman–Crippen MR) is 116 cm³/mol. The largest absolute Gasteiger partial charge is 0.444 e. The van der Waals surface area contributed by atoms with Crippen LogP contribution in [0.25, 0.3) is 11.0 Å². The molecule has 0 radical (unpaired) electrons. The third kappa shape index (κ3) is 5.15. The van der Waals surface area contributed by atoms with Gasteiger partial charge in [0, 0.05) is 20.0 Å². The Morgan fingerprint density at radius 2 is 1.97 bits per heavy atom. The van der Waals surface area contributed by atoms with Crippen molar-refractivity contribution in [3.63, 3.8) is 0 Å². The van der Waals surface area contributed by atoms with Crippen molar-refractivity contribution >= 4 is 28.9 Å². The summed E-state index contributed by atoms with van der Waals surface area (Å²) in [5, 5.41) is 5.07. The number of aromatic nitrogens is 2. The molecule has 2 N–H and O–H groups in total. The highest BCUT2D eigenvalue weighted by atomic mass is 16.6. The number of benzene rings is 1. The number of amides is 3. The Bertz CT molecular complexity index is 1060. The highest BCUT2D eigenvalue weighted by Gasteiger charge is 2.31. The Hall–Kier alpha value is -3.10. The van der Waals surface area contributed by atoms with Crippen LogP contribution in [-0.4, -0.2) is 39.2 Å². The summed E-state index contributed by atoms with van der Waals surface area (Å²) in [6.45, 7) is 5.95. The fraction of sp³-hybridized carbons (Fsp3) is 0.545. The Balaban J connectivity index is 1.70. The number of aryl methyl sites for hydroxylation is 2. The Labute approximate surface area is 180 Å². The maximum atomic E-state index is 12.9. The van der Waals surface area contributed by atoms with Gasteiger partial charge in [-0.1, -0.05) is 12.1 Å². The molecule has 1 saturated heterocycles. The van der Waals surface area contributed by atoms with E-state index in [1.54, 1.807) is 11.6 Å². The lowest BCUT2D eigenvalue weighted by Crippen LogP contribution is -2.44. The normalized spacial score (nSPS) is 17.0. The van der Waals surface area contributed by atoms with E-state index < -0.39 is 23.6 Å². The summed E-state index contributed by atoms with van der Waals surface area (Å²) in [6.07, 6.45) is 2.39. The van der Waals surface area contributed by atoms with Gasteiger partial charge < -0.3 is 10.1 Å². The summed E-state index contributed by atoms with van der Waals surface area (Å²) in [4.78, 5) is 48.5. The molecule has 31 heavy (non-hydrogen) atoms. The molecular formula is C22H30N4O5. The summed E-state index contributed by atoms with van der Waals surface area (Å²) in [5.74, 6) is -0.750. The molecular weight excluding hydrogens is 400 g/mol. The van der Waals surface area contributed by atoms with E-state index in [2.05, 4.69) is 10.6 Å². The van der Waals surface area contributed by atoms with Gasteiger partial charge in [0.05, 0.1) is 11.0 Å². The maximum Gasteiger partial charge on any atom is 0.407 e. The molecule has 1 aliphatic heterocycles. The molecule has 9 heteroatoms. The van der Waals surface area contributed by atoms with Crippen LogP contribution in [-0.2, 0) is 27.8 Å². The number of fused-ring (bicyclic) bond motifs is 1. The van der Waals surface area contributed by atoms with Crippen molar-refractivity contribution in [2.75, 3.05) is 6.54 Å². The van der Waals surface area contributed by atoms with Crippen LogP contribution in [0.4, 0.5) is 4.79 Å². The minimum absolute atomic E-state index is 0.212. The SMILES string of the molecule is Cn1c(=O)n(C2CCC(=O)NC2=O)c2cccc(CCCCNC(=O)OC(C)(C)C)c21. The van der Waals surface area contributed by atoms with Crippen LogP contribution in [0.15, 0.2) is 23.0 Å². The van der Waals surface area contributed by atoms with Crippen molar-refractivity contribution < 1.29 is 19.1 Å². The molecule has 2 aromatic rings. The first kappa shape index (κ1) is 22.6. The second-order valence-electron chi connectivity index (χ2n) is 8.85. The van der Waals surface area contributed by atoms with Gasteiger partial charge >= 0.3 is 11.8 Å². The molecule has 1 aliphatic rings. The zero-order chi connectivity index (χ0) is 22.8. The van der Waals surface area contributed by atoms with Gasteiger partial charge in [-0.05, 0) is 58.1 Å². The first-order valence-corrected chi connectivity index (χ1v) is 10.6. The summed E-state index contributed by atoms with van der Waals surface area (Å²) in [7, 11) is 1.70. The number of para-hydroxylation sites is 1. The van der Waals surface area contributed by atoms with Gasteiger partial charge in [0.1, 0.15) is 11.6 Å². The van der Waals surface area contributed by atoms with Crippen LogP contribution < -0.4 is 16.3 Å². The summed E-state index contributed by atoms with van der Waals surface area (Å²) < 4.78 is 8.27. The second kappa shape index (κ2) is 8.95. The number of unbranched alkanes of at least 4 members (excludes halogenated alkanes) is 1. The van der Waals surface area contributed by atoms with Crippen LogP contribution >= 0.6 is 0 Å². The maximum absolute atomic E-state index is 12.9. The fourth-order valence-electron chi connectivity index (χ4n) is 3.90. The number of ether oxygens (including phenoxy) is 1.